The van der Waals surface area contributed by atoms with Crippen molar-refractivity contribution in [2.75, 3.05) is 4.90 Å². The molecule has 1 aromatic carbocycles. The lowest BCUT2D eigenvalue weighted by Gasteiger charge is -2.21. The largest absolute Gasteiger partial charge is 0.490 e. The fourth-order valence-electron chi connectivity index (χ4n) is 4.16. The Balaban J connectivity index is 1.63. The smallest absolute Gasteiger partial charge is 0.261 e. The average Bonchev–Trinajstić information content (AvgIpc) is 3.12. The molecule has 1 fully saturated rings. The van der Waals surface area contributed by atoms with E-state index in [0.717, 1.165) is 37.0 Å². The van der Waals surface area contributed by atoms with Crippen molar-refractivity contribution in [3.8, 4) is 5.75 Å². The van der Waals surface area contributed by atoms with Crippen LogP contribution in [0, 0.1) is 11.7 Å². The number of carbonyl (C=O) groups excluding carboxylic acids is 2. The minimum absolute atomic E-state index is 0.00699. The van der Waals surface area contributed by atoms with E-state index in [-0.39, 0.29) is 23.6 Å². The summed E-state index contributed by atoms with van der Waals surface area (Å²) in [5, 5.41) is 0. The first kappa shape index (κ1) is 16.3. The third-order valence-corrected chi connectivity index (χ3v) is 5.62. The number of benzene rings is 1. The maximum Gasteiger partial charge on any atom is 0.261 e. The van der Waals surface area contributed by atoms with Crippen molar-refractivity contribution >= 4 is 17.5 Å². The first-order valence-corrected chi connectivity index (χ1v) is 9.13. The maximum absolute atomic E-state index is 14.4. The molecule has 0 radical (unpaired) electrons. The van der Waals surface area contributed by atoms with Gasteiger partial charge in [-0.05, 0) is 63.0 Å². The molecule has 1 heterocycles. The third kappa shape index (κ3) is 2.75. The van der Waals surface area contributed by atoms with Gasteiger partial charge in [0.05, 0.1) is 5.69 Å². The van der Waals surface area contributed by atoms with Gasteiger partial charge < -0.3 is 4.74 Å². The molecule has 0 aromatic heterocycles. The molecular weight excluding hydrogens is 321 g/mol. The number of hydrogen-bond donors (Lipinski definition) is 0. The van der Waals surface area contributed by atoms with E-state index in [9.17, 15) is 14.0 Å². The molecule has 2 aliphatic carbocycles. The zero-order valence-electron chi connectivity index (χ0n) is 14.4. The number of amides is 2. The van der Waals surface area contributed by atoms with Gasteiger partial charge in [0, 0.05) is 17.2 Å². The Morgan fingerprint density at radius 2 is 1.72 bits per heavy atom. The minimum atomic E-state index is -0.576. The van der Waals surface area contributed by atoms with Gasteiger partial charge in [-0.25, -0.2) is 9.29 Å². The van der Waals surface area contributed by atoms with Crippen molar-refractivity contribution < 1.29 is 18.7 Å². The lowest BCUT2D eigenvalue weighted by atomic mass is 9.93. The molecule has 132 valence electrons. The Hall–Kier alpha value is -2.17. The first-order valence-electron chi connectivity index (χ1n) is 9.13. The average molecular weight is 343 g/mol. The van der Waals surface area contributed by atoms with Crippen molar-refractivity contribution in [1.29, 1.82) is 0 Å². The quantitative estimate of drug-likeness (QED) is 0.775. The Morgan fingerprint density at radius 3 is 2.32 bits per heavy atom. The van der Waals surface area contributed by atoms with Crippen LogP contribution in [-0.4, -0.2) is 17.9 Å². The van der Waals surface area contributed by atoms with Crippen LogP contribution in [0.3, 0.4) is 0 Å². The molecule has 5 heteroatoms. The van der Waals surface area contributed by atoms with Crippen LogP contribution in [0.1, 0.15) is 51.9 Å². The number of rotatable bonds is 3. The highest BCUT2D eigenvalue weighted by atomic mass is 19.1. The molecule has 0 saturated heterocycles. The zero-order chi connectivity index (χ0) is 17.6. The second-order valence-corrected chi connectivity index (χ2v) is 7.29. The molecule has 0 N–H and O–H groups in total. The van der Waals surface area contributed by atoms with Crippen LogP contribution in [0.15, 0.2) is 29.3 Å². The van der Waals surface area contributed by atoms with Gasteiger partial charge in [0.2, 0.25) is 0 Å². The Morgan fingerprint density at radius 1 is 1.04 bits per heavy atom. The summed E-state index contributed by atoms with van der Waals surface area (Å²) in [7, 11) is 0. The molecule has 0 spiro atoms. The Bertz CT molecular complexity index is 742. The van der Waals surface area contributed by atoms with E-state index in [1.54, 1.807) is 6.07 Å². The van der Waals surface area contributed by atoms with Crippen LogP contribution in [0.2, 0.25) is 0 Å². The number of imide groups is 1. The van der Waals surface area contributed by atoms with Crippen molar-refractivity contribution in [3.63, 3.8) is 0 Å². The summed E-state index contributed by atoms with van der Waals surface area (Å²) in [5.74, 6) is -0.346. The van der Waals surface area contributed by atoms with E-state index < -0.39 is 5.82 Å². The van der Waals surface area contributed by atoms with Gasteiger partial charge in [0.1, 0.15) is 17.7 Å². The van der Waals surface area contributed by atoms with Crippen LogP contribution in [0.4, 0.5) is 10.1 Å². The number of anilines is 1. The zero-order valence-corrected chi connectivity index (χ0v) is 14.4. The minimum Gasteiger partial charge on any atom is -0.490 e. The van der Waals surface area contributed by atoms with Gasteiger partial charge in [0.25, 0.3) is 11.8 Å². The third-order valence-electron chi connectivity index (χ3n) is 5.62. The van der Waals surface area contributed by atoms with E-state index >= 15 is 0 Å². The molecule has 2 atom stereocenters. The molecule has 2 unspecified atom stereocenters. The van der Waals surface area contributed by atoms with Crippen molar-refractivity contribution in [1.82, 2.24) is 0 Å². The first-order chi connectivity index (χ1) is 12.1. The molecule has 1 saturated carbocycles. The molecule has 25 heavy (non-hydrogen) atoms. The topological polar surface area (TPSA) is 46.6 Å². The van der Waals surface area contributed by atoms with Gasteiger partial charge in [-0.15, -0.1) is 0 Å². The molecule has 4 nitrogen and oxygen atoms in total. The normalized spacial score (nSPS) is 26.4. The summed E-state index contributed by atoms with van der Waals surface area (Å²) in [5.41, 5.74) is 1.13. The summed E-state index contributed by atoms with van der Waals surface area (Å²) < 4.78 is 20.4. The molecule has 0 bridgehead atoms. The molecule has 4 rings (SSSR count). The molecule has 1 aliphatic heterocycles. The predicted molar refractivity (Wildman–Crippen MR) is 91.8 cm³/mol. The van der Waals surface area contributed by atoms with Gasteiger partial charge in [0.15, 0.2) is 0 Å². The summed E-state index contributed by atoms with van der Waals surface area (Å²) in [6.45, 7) is 2.15. The lowest BCUT2D eigenvalue weighted by Crippen LogP contribution is -2.32. The van der Waals surface area contributed by atoms with Gasteiger partial charge >= 0.3 is 0 Å². The van der Waals surface area contributed by atoms with E-state index in [4.69, 9.17) is 4.74 Å². The molecule has 3 aliphatic rings. The summed E-state index contributed by atoms with van der Waals surface area (Å²) in [6, 6.07) is 4.35. The van der Waals surface area contributed by atoms with Gasteiger partial charge in [-0.3, -0.25) is 9.59 Å². The highest BCUT2D eigenvalue weighted by Crippen LogP contribution is 2.38. The fourth-order valence-corrected chi connectivity index (χ4v) is 4.16. The molecular formula is C20H22FNO3. The number of hydrogen-bond acceptors (Lipinski definition) is 3. The monoisotopic (exact) mass is 343 g/mol. The number of nitrogens with zero attached hydrogens (tertiary/aromatic N) is 1. The van der Waals surface area contributed by atoms with Crippen LogP contribution >= 0.6 is 0 Å². The highest BCUT2D eigenvalue weighted by molar-refractivity contribution is 6.33. The Kier molecular flexibility index (Phi) is 4.10. The highest BCUT2D eigenvalue weighted by Gasteiger charge is 2.41. The number of carbonyl (C=O) groups is 2. The van der Waals surface area contributed by atoms with E-state index in [2.05, 4.69) is 6.92 Å². The number of halogens is 1. The van der Waals surface area contributed by atoms with Gasteiger partial charge in [-0.2, -0.15) is 0 Å². The van der Waals surface area contributed by atoms with Crippen molar-refractivity contribution in [2.24, 2.45) is 5.92 Å². The fraction of sp³-hybridized carbons (Fsp3) is 0.500. The molecule has 1 aromatic rings. The second-order valence-electron chi connectivity index (χ2n) is 7.29. The predicted octanol–water partition coefficient (Wildman–Crippen LogP) is 4.14. The summed E-state index contributed by atoms with van der Waals surface area (Å²) in [4.78, 5) is 26.3. The van der Waals surface area contributed by atoms with Crippen LogP contribution in [-0.2, 0) is 9.59 Å². The van der Waals surface area contributed by atoms with Crippen LogP contribution in [0.25, 0.3) is 0 Å². The maximum atomic E-state index is 14.4. The lowest BCUT2D eigenvalue weighted by molar-refractivity contribution is -0.120. The van der Waals surface area contributed by atoms with Crippen LogP contribution in [0.5, 0.6) is 5.75 Å². The van der Waals surface area contributed by atoms with Crippen molar-refractivity contribution in [2.45, 2.75) is 58.0 Å². The summed E-state index contributed by atoms with van der Waals surface area (Å²) >= 11 is 0. The van der Waals surface area contributed by atoms with E-state index in [1.807, 2.05) is 0 Å². The van der Waals surface area contributed by atoms with E-state index in [0.29, 0.717) is 35.7 Å². The standard InChI is InChI=1S/C20H22FNO3/c1-12-5-4-8-18(12)25-13-9-10-16(21)17(11-13)22-19(23)14-6-2-3-7-15(14)20(22)24/h9-12,18H,2-8H2,1H3. The summed E-state index contributed by atoms with van der Waals surface area (Å²) in [6.07, 6.45) is 6.34. The van der Waals surface area contributed by atoms with Crippen LogP contribution < -0.4 is 9.64 Å². The van der Waals surface area contributed by atoms with Crippen molar-refractivity contribution in [3.05, 3.63) is 35.2 Å². The second kappa shape index (κ2) is 6.28. The Labute approximate surface area is 146 Å². The molecule has 2 amide bonds. The SMILES string of the molecule is CC1CCCC1Oc1ccc(F)c(N2C(=O)C3=C(CCCC3)C2=O)c1. The van der Waals surface area contributed by atoms with E-state index in [1.165, 1.54) is 12.1 Å². The van der Waals surface area contributed by atoms with Gasteiger partial charge in [-0.1, -0.05) is 6.92 Å². The number of ether oxygens (including phenoxy) is 1.